The van der Waals surface area contributed by atoms with Crippen LogP contribution >= 0.6 is 0 Å². The van der Waals surface area contributed by atoms with Gasteiger partial charge in [-0.2, -0.15) is 0 Å². The summed E-state index contributed by atoms with van der Waals surface area (Å²) in [6, 6.07) is 3.40. The van der Waals surface area contributed by atoms with Gasteiger partial charge in [0.1, 0.15) is 0 Å². The molecule has 0 fully saturated rings. The van der Waals surface area contributed by atoms with E-state index in [4.69, 9.17) is 5.11 Å². The van der Waals surface area contributed by atoms with Crippen molar-refractivity contribution in [1.82, 2.24) is 0 Å². The Morgan fingerprint density at radius 3 is 2.67 bits per heavy atom. The lowest BCUT2D eigenvalue weighted by Gasteiger charge is -2.06. The summed E-state index contributed by atoms with van der Waals surface area (Å²) in [6.45, 7) is 1.93. The highest BCUT2D eigenvalue weighted by Gasteiger charge is 2.21. The molecule has 3 nitrogen and oxygen atoms in total. The number of benzene rings is 1. The molecule has 1 N–H and O–H groups in total. The van der Waals surface area contributed by atoms with Crippen LogP contribution < -0.4 is 0 Å². The second-order valence-corrected chi connectivity index (χ2v) is 3.46. The summed E-state index contributed by atoms with van der Waals surface area (Å²) in [7, 11) is 0. The topological polar surface area (TPSA) is 54.4 Å². The predicted octanol–water partition coefficient (Wildman–Crippen LogP) is 2.16. The second kappa shape index (κ2) is 3.35. The van der Waals surface area contributed by atoms with Crippen molar-refractivity contribution in [3.8, 4) is 0 Å². The number of allylic oxidation sites excluding steroid dienone is 1. The second-order valence-electron chi connectivity index (χ2n) is 3.46. The minimum absolute atomic E-state index is 0.109. The molecule has 0 radical (unpaired) electrons. The lowest BCUT2D eigenvalue weighted by atomic mass is 9.98. The third-order valence-electron chi connectivity index (χ3n) is 2.55. The standard InChI is InChI=1S/C12H10O3/c1-2-7-5-9-8(3-4-11(9)13)10(6-7)12(14)15/h3-6H,2H2,1H3,(H,14,15). The summed E-state index contributed by atoms with van der Waals surface area (Å²) >= 11 is 0. The van der Waals surface area contributed by atoms with Crippen LogP contribution in [-0.4, -0.2) is 16.9 Å². The first-order valence-electron chi connectivity index (χ1n) is 4.76. The Labute approximate surface area is 87.0 Å². The van der Waals surface area contributed by atoms with Gasteiger partial charge < -0.3 is 5.11 Å². The first kappa shape index (κ1) is 9.65. The van der Waals surface area contributed by atoms with Gasteiger partial charge in [-0.1, -0.05) is 6.92 Å². The Bertz CT molecular complexity index is 484. The molecule has 1 aliphatic rings. The van der Waals surface area contributed by atoms with Gasteiger partial charge in [-0.3, -0.25) is 4.79 Å². The molecule has 0 amide bonds. The van der Waals surface area contributed by atoms with Crippen molar-refractivity contribution in [3.05, 3.63) is 40.5 Å². The highest BCUT2D eigenvalue weighted by atomic mass is 16.4. The number of aromatic carboxylic acids is 1. The molecule has 0 aromatic heterocycles. The average Bonchev–Trinajstić information content (AvgIpc) is 2.59. The largest absolute Gasteiger partial charge is 0.478 e. The van der Waals surface area contributed by atoms with Crippen LogP contribution in [0, 0.1) is 0 Å². The van der Waals surface area contributed by atoms with E-state index in [9.17, 15) is 9.59 Å². The van der Waals surface area contributed by atoms with Gasteiger partial charge >= 0.3 is 5.97 Å². The zero-order valence-electron chi connectivity index (χ0n) is 8.28. The summed E-state index contributed by atoms with van der Waals surface area (Å²) in [5.74, 6) is -1.09. The number of carboxylic acids is 1. The summed E-state index contributed by atoms with van der Waals surface area (Å²) in [4.78, 5) is 22.4. The van der Waals surface area contributed by atoms with Crippen LogP contribution in [0.4, 0.5) is 0 Å². The molecule has 0 atom stereocenters. The van der Waals surface area contributed by atoms with E-state index in [0.29, 0.717) is 11.1 Å². The average molecular weight is 202 g/mol. The molecule has 1 aliphatic carbocycles. The molecule has 76 valence electrons. The number of carbonyl (C=O) groups excluding carboxylic acids is 1. The Hall–Kier alpha value is -1.90. The van der Waals surface area contributed by atoms with E-state index < -0.39 is 5.97 Å². The molecule has 2 rings (SSSR count). The highest BCUT2D eigenvalue weighted by molar-refractivity contribution is 6.16. The van der Waals surface area contributed by atoms with E-state index in [1.807, 2.05) is 6.92 Å². The fraction of sp³-hybridized carbons (Fsp3) is 0.167. The first-order valence-corrected chi connectivity index (χ1v) is 4.76. The summed E-state index contributed by atoms with van der Waals surface area (Å²) in [5.41, 5.74) is 2.13. The molecule has 3 heteroatoms. The lowest BCUT2D eigenvalue weighted by Crippen LogP contribution is -2.04. The summed E-state index contributed by atoms with van der Waals surface area (Å²) in [5, 5.41) is 9.01. The number of ketones is 1. The van der Waals surface area contributed by atoms with Crippen molar-refractivity contribution < 1.29 is 14.7 Å². The van der Waals surface area contributed by atoms with Gasteiger partial charge in [-0.25, -0.2) is 4.79 Å². The Kier molecular flexibility index (Phi) is 2.15. The molecule has 1 aromatic rings. The number of rotatable bonds is 2. The van der Waals surface area contributed by atoms with Crippen LogP contribution in [-0.2, 0) is 6.42 Å². The number of aryl methyl sites for hydroxylation is 1. The van der Waals surface area contributed by atoms with Gasteiger partial charge in [0, 0.05) is 11.1 Å². The number of carboxylic acid groups (broad SMARTS) is 1. The Morgan fingerprint density at radius 1 is 1.33 bits per heavy atom. The quantitative estimate of drug-likeness (QED) is 0.799. The van der Waals surface area contributed by atoms with Gasteiger partial charge in [-0.05, 0) is 36.3 Å². The fourth-order valence-corrected chi connectivity index (χ4v) is 1.73. The third-order valence-corrected chi connectivity index (χ3v) is 2.55. The minimum Gasteiger partial charge on any atom is -0.478 e. The van der Waals surface area contributed by atoms with E-state index in [2.05, 4.69) is 0 Å². The first-order chi connectivity index (χ1) is 7.13. The molecular formula is C12H10O3. The SMILES string of the molecule is CCc1cc(C(=O)O)c2c(c1)C(=O)C=C2. The minimum atomic E-state index is -0.985. The van der Waals surface area contributed by atoms with Crippen LogP contribution in [0.5, 0.6) is 0 Å². The van der Waals surface area contributed by atoms with Crippen molar-refractivity contribution in [2.24, 2.45) is 0 Å². The van der Waals surface area contributed by atoms with Crippen molar-refractivity contribution >= 4 is 17.8 Å². The number of hydrogen-bond acceptors (Lipinski definition) is 2. The molecule has 1 aromatic carbocycles. The van der Waals surface area contributed by atoms with Crippen molar-refractivity contribution in [1.29, 1.82) is 0 Å². The summed E-state index contributed by atoms with van der Waals surface area (Å²) in [6.07, 6.45) is 3.71. The monoisotopic (exact) mass is 202 g/mol. The Balaban J connectivity index is 2.70. The Morgan fingerprint density at radius 2 is 2.07 bits per heavy atom. The smallest absolute Gasteiger partial charge is 0.336 e. The van der Waals surface area contributed by atoms with Crippen LogP contribution in [0.2, 0.25) is 0 Å². The maximum atomic E-state index is 11.4. The van der Waals surface area contributed by atoms with Crippen LogP contribution in [0.25, 0.3) is 6.08 Å². The molecule has 0 bridgehead atoms. The third kappa shape index (κ3) is 1.46. The van der Waals surface area contributed by atoms with Gasteiger partial charge in [0.15, 0.2) is 5.78 Å². The lowest BCUT2D eigenvalue weighted by molar-refractivity contribution is 0.0696. The van der Waals surface area contributed by atoms with Gasteiger partial charge in [0.2, 0.25) is 0 Å². The van der Waals surface area contributed by atoms with Crippen molar-refractivity contribution in [2.45, 2.75) is 13.3 Å². The van der Waals surface area contributed by atoms with Gasteiger partial charge in [0.25, 0.3) is 0 Å². The van der Waals surface area contributed by atoms with Gasteiger partial charge in [-0.15, -0.1) is 0 Å². The molecule has 0 heterocycles. The summed E-state index contributed by atoms with van der Waals surface area (Å²) < 4.78 is 0. The maximum absolute atomic E-state index is 11.4. The highest BCUT2D eigenvalue weighted by Crippen LogP contribution is 2.25. The van der Waals surface area contributed by atoms with E-state index in [0.717, 1.165) is 12.0 Å². The van der Waals surface area contributed by atoms with E-state index in [1.165, 1.54) is 6.08 Å². The molecular weight excluding hydrogens is 192 g/mol. The van der Waals surface area contributed by atoms with Crippen LogP contribution in [0.1, 0.15) is 38.8 Å². The van der Waals surface area contributed by atoms with E-state index >= 15 is 0 Å². The number of carbonyl (C=O) groups is 2. The molecule has 15 heavy (non-hydrogen) atoms. The van der Waals surface area contributed by atoms with Crippen LogP contribution in [0.3, 0.4) is 0 Å². The van der Waals surface area contributed by atoms with Crippen molar-refractivity contribution in [2.75, 3.05) is 0 Å². The number of hydrogen-bond donors (Lipinski definition) is 1. The van der Waals surface area contributed by atoms with E-state index in [-0.39, 0.29) is 11.3 Å². The molecule has 0 spiro atoms. The maximum Gasteiger partial charge on any atom is 0.336 e. The molecule has 0 saturated carbocycles. The van der Waals surface area contributed by atoms with Crippen molar-refractivity contribution in [3.63, 3.8) is 0 Å². The fourth-order valence-electron chi connectivity index (χ4n) is 1.73. The van der Waals surface area contributed by atoms with Gasteiger partial charge in [0.05, 0.1) is 5.56 Å². The number of fused-ring (bicyclic) bond motifs is 1. The predicted molar refractivity (Wildman–Crippen MR) is 56.1 cm³/mol. The zero-order valence-corrected chi connectivity index (χ0v) is 8.28. The molecule has 0 unspecified atom stereocenters. The molecule has 0 aliphatic heterocycles. The normalized spacial score (nSPS) is 13.0. The van der Waals surface area contributed by atoms with E-state index in [1.54, 1.807) is 18.2 Å². The molecule has 0 saturated heterocycles. The van der Waals surface area contributed by atoms with Crippen LogP contribution in [0.15, 0.2) is 18.2 Å². The zero-order chi connectivity index (χ0) is 11.0.